The number of aromatic nitrogens is 2. The molecule has 1 aromatic carbocycles. The van der Waals surface area contributed by atoms with Crippen LogP contribution >= 0.6 is 23.2 Å². The van der Waals surface area contributed by atoms with Crippen LogP contribution in [-0.4, -0.2) is 9.97 Å². The number of H-pyrrole nitrogens is 1. The van der Waals surface area contributed by atoms with Gasteiger partial charge in [0.1, 0.15) is 5.65 Å². The summed E-state index contributed by atoms with van der Waals surface area (Å²) >= 11 is 11.9. The van der Waals surface area contributed by atoms with E-state index >= 15 is 0 Å². The van der Waals surface area contributed by atoms with Crippen molar-refractivity contribution in [3.05, 3.63) is 40.5 Å². The molecule has 0 amide bonds. The summed E-state index contributed by atoms with van der Waals surface area (Å²) in [6, 6.07) is 7.59. The second kappa shape index (κ2) is 3.12. The number of fused-ring (bicyclic) bond motifs is 3. The molecule has 0 unspecified atom stereocenters. The van der Waals surface area contributed by atoms with Gasteiger partial charge >= 0.3 is 0 Å². The van der Waals surface area contributed by atoms with Gasteiger partial charge in [0.25, 0.3) is 0 Å². The highest BCUT2D eigenvalue weighted by molar-refractivity contribution is 6.43. The average molecular weight is 237 g/mol. The van der Waals surface area contributed by atoms with Gasteiger partial charge in [0.2, 0.25) is 0 Å². The highest BCUT2D eigenvalue weighted by Crippen LogP contribution is 2.31. The van der Waals surface area contributed by atoms with Gasteiger partial charge in [-0.2, -0.15) is 0 Å². The molecule has 0 aliphatic rings. The molecule has 3 rings (SSSR count). The summed E-state index contributed by atoms with van der Waals surface area (Å²) in [5.41, 5.74) is 1.81. The zero-order valence-electron chi connectivity index (χ0n) is 7.59. The van der Waals surface area contributed by atoms with E-state index < -0.39 is 0 Å². The van der Waals surface area contributed by atoms with Crippen molar-refractivity contribution in [2.75, 3.05) is 0 Å². The summed E-state index contributed by atoms with van der Waals surface area (Å²) in [7, 11) is 0. The molecule has 0 saturated carbocycles. The predicted octanol–water partition coefficient (Wildman–Crippen LogP) is 4.02. The van der Waals surface area contributed by atoms with Crippen LogP contribution in [0.4, 0.5) is 0 Å². The monoisotopic (exact) mass is 236 g/mol. The summed E-state index contributed by atoms with van der Waals surface area (Å²) in [6.07, 6.45) is 1.75. The van der Waals surface area contributed by atoms with E-state index in [1.54, 1.807) is 6.20 Å². The van der Waals surface area contributed by atoms with Crippen molar-refractivity contribution in [3.8, 4) is 0 Å². The Morgan fingerprint density at radius 3 is 2.73 bits per heavy atom. The minimum absolute atomic E-state index is 0.552. The van der Waals surface area contributed by atoms with Gasteiger partial charge in [-0.1, -0.05) is 23.2 Å². The molecule has 2 heterocycles. The van der Waals surface area contributed by atoms with Crippen LogP contribution in [0.5, 0.6) is 0 Å². The molecule has 15 heavy (non-hydrogen) atoms. The molecule has 0 fully saturated rings. The van der Waals surface area contributed by atoms with Gasteiger partial charge in [-0.05, 0) is 24.3 Å². The SMILES string of the molecule is Clc1cc2[nH]c3ncccc3c2cc1Cl. The summed E-state index contributed by atoms with van der Waals surface area (Å²) in [6.45, 7) is 0. The molecule has 0 aliphatic heterocycles. The maximum atomic E-state index is 5.98. The van der Waals surface area contributed by atoms with Crippen molar-refractivity contribution in [1.82, 2.24) is 9.97 Å². The number of halogens is 2. The van der Waals surface area contributed by atoms with E-state index in [1.807, 2.05) is 24.3 Å². The fraction of sp³-hybridized carbons (Fsp3) is 0. The molecule has 1 N–H and O–H groups in total. The lowest BCUT2D eigenvalue weighted by molar-refractivity contribution is 1.35. The fourth-order valence-corrected chi connectivity index (χ4v) is 2.05. The van der Waals surface area contributed by atoms with Crippen molar-refractivity contribution < 1.29 is 0 Å². The highest BCUT2D eigenvalue weighted by Gasteiger charge is 2.07. The molecule has 0 aliphatic carbocycles. The van der Waals surface area contributed by atoms with Gasteiger partial charge in [-0.3, -0.25) is 0 Å². The maximum absolute atomic E-state index is 5.98. The Hall–Kier alpha value is -1.25. The van der Waals surface area contributed by atoms with Crippen LogP contribution in [0, 0.1) is 0 Å². The Balaban J connectivity index is 2.56. The first-order valence-corrected chi connectivity index (χ1v) is 5.23. The molecule has 0 spiro atoms. The third-order valence-electron chi connectivity index (χ3n) is 2.41. The Morgan fingerprint density at radius 2 is 1.87 bits per heavy atom. The zero-order chi connectivity index (χ0) is 10.4. The molecule has 0 radical (unpaired) electrons. The van der Waals surface area contributed by atoms with E-state index in [-0.39, 0.29) is 0 Å². The van der Waals surface area contributed by atoms with Crippen LogP contribution < -0.4 is 0 Å². The molecular weight excluding hydrogens is 231 g/mol. The second-order valence-corrected chi connectivity index (χ2v) is 4.15. The van der Waals surface area contributed by atoms with Crippen LogP contribution in [0.3, 0.4) is 0 Å². The van der Waals surface area contributed by atoms with Crippen molar-refractivity contribution in [2.45, 2.75) is 0 Å². The van der Waals surface area contributed by atoms with E-state index in [1.165, 1.54) is 0 Å². The Bertz CT molecular complexity index is 658. The van der Waals surface area contributed by atoms with Crippen LogP contribution in [0.1, 0.15) is 0 Å². The Labute approximate surface area is 95.8 Å². The van der Waals surface area contributed by atoms with Crippen LogP contribution in [0.25, 0.3) is 21.9 Å². The van der Waals surface area contributed by atoms with Gasteiger partial charge in [-0.25, -0.2) is 4.98 Å². The van der Waals surface area contributed by atoms with Gasteiger partial charge in [0.05, 0.1) is 10.0 Å². The van der Waals surface area contributed by atoms with Crippen molar-refractivity contribution >= 4 is 45.1 Å². The molecule has 74 valence electrons. The second-order valence-electron chi connectivity index (χ2n) is 3.34. The summed E-state index contributed by atoms with van der Waals surface area (Å²) in [5.74, 6) is 0. The van der Waals surface area contributed by atoms with Gasteiger partial charge < -0.3 is 4.98 Å². The molecule has 4 heteroatoms. The first-order chi connectivity index (χ1) is 7.25. The fourth-order valence-electron chi connectivity index (χ4n) is 1.72. The summed E-state index contributed by atoms with van der Waals surface area (Å²) in [4.78, 5) is 7.43. The van der Waals surface area contributed by atoms with Crippen LogP contribution in [0.15, 0.2) is 30.5 Å². The molecular formula is C11H6Cl2N2. The number of hydrogen-bond acceptors (Lipinski definition) is 1. The summed E-state index contributed by atoms with van der Waals surface area (Å²) in [5, 5.41) is 3.23. The smallest absolute Gasteiger partial charge is 0.138 e. The third kappa shape index (κ3) is 1.29. The molecule has 0 bridgehead atoms. The van der Waals surface area contributed by atoms with E-state index in [0.717, 1.165) is 21.9 Å². The average Bonchev–Trinajstić information content (AvgIpc) is 2.57. The van der Waals surface area contributed by atoms with Gasteiger partial charge in [0, 0.05) is 22.5 Å². The van der Waals surface area contributed by atoms with E-state index in [2.05, 4.69) is 9.97 Å². The molecule has 0 atom stereocenters. The predicted molar refractivity (Wildman–Crippen MR) is 63.6 cm³/mol. The lowest BCUT2D eigenvalue weighted by atomic mass is 10.2. The van der Waals surface area contributed by atoms with E-state index in [9.17, 15) is 0 Å². The number of rotatable bonds is 0. The van der Waals surface area contributed by atoms with Crippen molar-refractivity contribution in [3.63, 3.8) is 0 Å². The first-order valence-electron chi connectivity index (χ1n) is 4.47. The number of hydrogen-bond donors (Lipinski definition) is 1. The number of nitrogens with one attached hydrogen (secondary N) is 1. The Morgan fingerprint density at radius 1 is 1.07 bits per heavy atom. The van der Waals surface area contributed by atoms with E-state index in [4.69, 9.17) is 23.2 Å². The van der Waals surface area contributed by atoms with Crippen molar-refractivity contribution in [2.24, 2.45) is 0 Å². The number of benzene rings is 1. The number of pyridine rings is 1. The van der Waals surface area contributed by atoms with Crippen LogP contribution in [0.2, 0.25) is 10.0 Å². The topological polar surface area (TPSA) is 28.7 Å². The van der Waals surface area contributed by atoms with E-state index in [0.29, 0.717) is 10.0 Å². The van der Waals surface area contributed by atoms with Gasteiger partial charge in [0.15, 0.2) is 0 Å². The molecule has 2 aromatic heterocycles. The number of aromatic amines is 1. The highest BCUT2D eigenvalue weighted by atomic mass is 35.5. The molecule has 2 nitrogen and oxygen atoms in total. The lowest BCUT2D eigenvalue weighted by Gasteiger charge is -1.95. The lowest BCUT2D eigenvalue weighted by Crippen LogP contribution is -1.71. The maximum Gasteiger partial charge on any atom is 0.138 e. The molecule has 0 saturated heterocycles. The minimum atomic E-state index is 0.552. The standard InChI is InChI=1S/C11H6Cl2N2/c12-8-4-7-6-2-1-3-14-11(6)15-10(7)5-9(8)13/h1-5H,(H,14,15). The first kappa shape index (κ1) is 9.01. The van der Waals surface area contributed by atoms with Crippen LogP contribution in [-0.2, 0) is 0 Å². The molecule has 3 aromatic rings. The summed E-state index contributed by atoms with van der Waals surface area (Å²) < 4.78 is 0. The minimum Gasteiger partial charge on any atom is -0.339 e. The quantitative estimate of drug-likeness (QED) is 0.628. The number of nitrogens with zero attached hydrogens (tertiary/aromatic N) is 1. The normalized spacial score (nSPS) is 11.3. The zero-order valence-corrected chi connectivity index (χ0v) is 9.10. The van der Waals surface area contributed by atoms with Crippen molar-refractivity contribution in [1.29, 1.82) is 0 Å². The van der Waals surface area contributed by atoms with Gasteiger partial charge in [-0.15, -0.1) is 0 Å². The largest absolute Gasteiger partial charge is 0.339 e. The Kier molecular flexibility index (Phi) is 1.87. The third-order valence-corrected chi connectivity index (χ3v) is 3.13.